The van der Waals surface area contributed by atoms with E-state index in [4.69, 9.17) is 23.7 Å². The predicted octanol–water partition coefficient (Wildman–Crippen LogP) is 0.750. The average molecular weight is 304 g/mol. The van der Waals surface area contributed by atoms with E-state index in [1.165, 1.54) is 0 Å². The lowest BCUT2D eigenvalue weighted by Gasteiger charge is -2.20. The van der Waals surface area contributed by atoms with Gasteiger partial charge in [0.1, 0.15) is 24.4 Å². The molecule has 2 heterocycles. The van der Waals surface area contributed by atoms with E-state index in [2.05, 4.69) is 6.92 Å². The first-order valence-electron chi connectivity index (χ1n) is 7.86. The van der Waals surface area contributed by atoms with Crippen molar-refractivity contribution in [2.45, 2.75) is 63.3 Å². The van der Waals surface area contributed by atoms with Crippen LogP contribution in [0.2, 0.25) is 0 Å². The number of hydrogen-bond donors (Lipinski definition) is 1. The maximum Gasteiger partial charge on any atom is 0.115 e. The van der Waals surface area contributed by atoms with E-state index < -0.39 is 6.10 Å². The number of ether oxygens (including phenoxy) is 5. The average Bonchev–Trinajstić information content (AvgIpc) is 3.08. The monoisotopic (exact) mass is 304 g/mol. The second-order valence-electron chi connectivity index (χ2n) is 5.67. The summed E-state index contributed by atoms with van der Waals surface area (Å²) in [6, 6.07) is 0. The van der Waals surface area contributed by atoms with Crippen LogP contribution in [0.25, 0.3) is 0 Å². The van der Waals surface area contributed by atoms with Crippen molar-refractivity contribution < 1.29 is 28.8 Å². The molecule has 0 amide bonds. The van der Waals surface area contributed by atoms with Gasteiger partial charge in [0.25, 0.3) is 0 Å². The number of aliphatic hydroxyl groups excluding tert-OH is 1. The summed E-state index contributed by atoms with van der Waals surface area (Å²) < 4.78 is 28.4. The molecule has 4 unspecified atom stereocenters. The third-order valence-electron chi connectivity index (χ3n) is 4.22. The van der Waals surface area contributed by atoms with Crippen LogP contribution in [0.1, 0.15) is 26.7 Å². The molecule has 1 N–H and O–H groups in total. The minimum absolute atomic E-state index is 0.0658. The highest BCUT2D eigenvalue weighted by Crippen LogP contribution is 2.30. The fraction of sp³-hybridized carbons (Fsp3) is 1.00. The van der Waals surface area contributed by atoms with E-state index in [1.54, 1.807) is 7.11 Å². The molecule has 21 heavy (non-hydrogen) atoms. The highest BCUT2D eigenvalue weighted by atomic mass is 16.6. The molecule has 6 atom stereocenters. The van der Waals surface area contributed by atoms with Crippen LogP contribution in [0, 0.1) is 0 Å². The number of methoxy groups -OCH3 is 1. The first kappa shape index (κ1) is 17.1. The van der Waals surface area contributed by atoms with E-state index in [1.807, 2.05) is 6.92 Å². The lowest BCUT2D eigenvalue weighted by molar-refractivity contribution is -0.0802. The Hall–Kier alpha value is -0.240. The first-order chi connectivity index (χ1) is 10.2. The summed E-state index contributed by atoms with van der Waals surface area (Å²) in [4.78, 5) is 0. The maximum atomic E-state index is 9.57. The SMILES string of the molecule is CCC(O)CO[C@H]1COC2C1OC[C@H]2OCC(CC)OC. The number of hydrogen-bond acceptors (Lipinski definition) is 6. The Morgan fingerprint density at radius 3 is 2.05 bits per heavy atom. The summed E-state index contributed by atoms with van der Waals surface area (Å²) in [7, 11) is 1.69. The van der Waals surface area contributed by atoms with Crippen molar-refractivity contribution in [3.8, 4) is 0 Å². The Morgan fingerprint density at radius 1 is 1.00 bits per heavy atom. The summed E-state index contributed by atoms with van der Waals surface area (Å²) in [5.41, 5.74) is 0. The zero-order valence-corrected chi connectivity index (χ0v) is 13.2. The topological polar surface area (TPSA) is 66.4 Å². The van der Waals surface area contributed by atoms with Crippen molar-refractivity contribution in [2.75, 3.05) is 33.5 Å². The van der Waals surface area contributed by atoms with Crippen LogP contribution in [-0.4, -0.2) is 75.3 Å². The quantitative estimate of drug-likeness (QED) is 0.678. The number of fused-ring (bicyclic) bond motifs is 1. The summed E-state index contributed by atoms with van der Waals surface area (Å²) in [5.74, 6) is 0. The van der Waals surface area contributed by atoms with Gasteiger partial charge in [0, 0.05) is 7.11 Å². The van der Waals surface area contributed by atoms with Gasteiger partial charge in [-0.25, -0.2) is 0 Å². The molecular formula is C15H28O6. The summed E-state index contributed by atoms with van der Waals surface area (Å²) in [6.07, 6.45) is 0.924. The maximum absolute atomic E-state index is 9.57. The third-order valence-corrected chi connectivity index (χ3v) is 4.22. The molecule has 2 aliphatic rings. The molecule has 0 bridgehead atoms. The van der Waals surface area contributed by atoms with Crippen LogP contribution >= 0.6 is 0 Å². The molecule has 6 nitrogen and oxygen atoms in total. The van der Waals surface area contributed by atoms with Crippen molar-refractivity contribution in [3.05, 3.63) is 0 Å². The predicted molar refractivity (Wildman–Crippen MR) is 76.3 cm³/mol. The van der Waals surface area contributed by atoms with E-state index in [9.17, 15) is 5.11 Å². The standard InChI is InChI=1S/C15H28O6/c1-4-10(16)6-18-12-8-20-15-13(9-21-14(12)15)19-7-11(5-2)17-3/h10-16H,4-9H2,1-3H3/t10?,11?,12-,13+,14?,15?/m0/s1. The van der Waals surface area contributed by atoms with E-state index >= 15 is 0 Å². The molecule has 0 saturated carbocycles. The third kappa shape index (κ3) is 4.37. The zero-order valence-electron chi connectivity index (χ0n) is 13.2. The molecular weight excluding hydrogens is 276 g/mol. The number of aliphatic hydroxyl groups is 1. The minimum Gasteiger partial charge on any atom is -0.391 e. The molecule has 2 saturated heterocycles. The minimum atomic E-state index is -0.426. The Kier molecular flexibility index (Phi) is 6.85. The van der Waals surface area contributed by atoms with Crippen molar-refractivity contribution >= 4 is 0 Å². The second-order valence-corrected chi connectivity index (χ2v) is 5.67. The fourth-order valence-corrected chi connectivity index (χ4v) is 2.65. The molecule has 0 aromatic heterocycles. The van der Waals surface area contributed by atoms with Crippen LogP contribution in [0.3, 0.4) is 0 Å². The van der Waals surface area contributed by atoms with Gasteiger partial charge in [-0.1, -0.05) is 13.8 Å². The molecule has 0 aliphatic carbocycles. The van der Waals surface area contributed by atoms with Gasteiger partial charge < -0.3 is 28.8 Å². The lowest BCUT2D eigenvalue weighted by atomic mass is 10.1. The van der Waals surface area contributed by atoms with E-state index in [-0.39, 0.29) is 30.5 Å². The highest BCUT2D eigenvalue weighted by Gasteiger charge is 2.49. The Labute approximate surface area is 126 Å². The summed E-state index contributed by atoms with van der Waals surface area (Å²) in [5, 5.41) is 9.57. The molecule has 2 fully saturated rings. The summed E-state index contributed by atoms with van der Waals surface area (Å²) in [6.45, 7) is 5.88. The van der Waals surface area contributed by atoms with Crippen LogP contribution in [-0.2, 0) is 23.7 Å². The first-order valence-corrected chi connectivity index (χ1v) is 7.86. The second kappa shape index (κ2) is 8.41. The normalized spacial score (nSPS) is 34.9. The molecule has 2 aliphatic heterocycles. The van der Waals surface area contributed by atoms with Gasteiger partial charge in [-0.05, 0) is 12.8 Å². The molecule has 2 rings (SSSR count). The van der Waals surface area contributed by atoms with Crippen LogP contribution in [0.4, 0.5) is 0 Å². The van der Waals surface area contributed by atoms with Crippen molar-refractivity contribution in [3.63, 3.8) is 0 Å². The number of rotatable bonds is 9. The molecule has 0 spiro atoms. The molecule has 124 valence electrons. The van der Waals surface area contributed by atoms with Gasteiger partial charge >= 0.3 is 0 Å². The highest BCUT2D eigenvalue weighted by molar-refractivity contribution is 4.96. The Morgan fingerprint density at radius 2 is 1.57 bits per heavy atom. The van der Waals surface area contributed by atoms with Gasteiger partial charge in [0.15, 0.2) is 0 Å². The molecule has 0 aromatic carbocycles. The van der Waals surface area contributed by atoms with E-state index in [0.29, 0.717) is 32.8 Å². The van der Waals surface area contributed by atoms with Gasteiger partial charge in [0.05, 0.1) is 38.6 Å². The van der Waals surface area contributed by atoms with Gasteiger partial charge in [0.2, 0.25) is 0 Å². The van der Waals surface area contributed by atoms with Crippen molar-refractivity contribution in [1.29, 1.82) is 0 Å². The van der Waals surface area contributed by atoms with Crippen molar-refractivity contribution in [1.82, 2.24) is 0 Å². The summed E-state index contributed by atoms with van der Waals surface area (Å²) >= 11 is 0. The largest absolute Gasteiger partial charge is 0.391 e. The van der Waals surface area contributed by atoms with Crippen LogP contribution < -0.4 is 0 Å². The van der Waals surface area contributed by atoms with Gasteiger partial charge in [-0.2, -0.15) is 0 Å². The van der Waals surface area contributed by atoms with Gasteiger partial charge in [-0.3, -0.25) is 0 Å². The fourth-order valence-electron chi connectivity index (χ4n) is 2.65. The Bertz CT molecular complexity index is 296. The van der Waals surface area contributed by atoms with Crippen molar-refractivity contribution in [2.24, 2.45) is 0 Å². The van der Waals surface area contributed by atoms with Crippen LogP contribution in [0.15, 0.2) is 0 Å². The zero-order chi connectivity index (χ0) is 15.2. The Balaban J connectivity index is 1.76. The smallest absolute Gasteiger partial charge is 0.115 e. The van der Waals surface area contributed by atoms with Gasteiger partial charge in [-0.15, -0.1) is 0 Å². The van der Waals surface area contributed by atoms with E-state index in [0.717, 1.165) is 6.42 Å². The molecule has 0 aromatic rings. The molecule has 0 radical (unpaired) electrons. The lowest BCUT2D eigenvalue weighted by Crippen LogP contribution is -2.36. The molecule has 6 heteroatoms. The van der Waals surface area contributed by atoms with Crippen LogP contribution in [0.5, 0.6) is 0 Å².